The van der Waals surface area contributed by atoms with Crippen LogP contribution in [-0.2, 0) is 23.6 Å². The standard InChI is InChI=1S/C13H19N5O2S/c1-3-8-16-21(19,20)12-7-5-4-6-11(12)14-9-13-17-15-10-18(13)2/h4-7,10,14,16H,3,8-9H2,1-2H3. The van der Waals surface area contributed by atoms with Crippen molar-refractivity contribution in [2.45, 2.75) is 24.8 Å². The van der Waals surface area contributed by atoms with Crippen molar-refractivity contribution in [3.8, 4) is 0 Å². The van der Waals surface area contributed by atoms with Crippen LogP contribution in [0.25, 0.3) is 0 Å². The fourth-order valence-electron chi connectivity index (χ4n) is 1.80. The van der Waals surface area contributed by atoms with Gasteiger partial charge in [0.15, 0.2) is 5.82 Å². The first kappa shape index (κ1) is 15.5. The van der Waals surface area contributed by atoms with Crippen LogP contribution in [0.2, 0.25) is 0 Å². The summed E-state index contributed by atoms with van der Waals surface area (Å²) in [5.74, 6) is 0.726. The van der Waals surface area contributed by atoms with Crippen LogP contribution in [0.1, 0.15) is 19.2 Å². The largest absolute Gasteiger partial charge is 0.377 e. The van der Waals surface area contributed by atoms with Crippen LogP contribution in [0.4, 0.5) is 5.69 Å². The van der Waals surface area contributed by atoms with Crippen LogP contribution in [-0.4, -0.2) is 29.7 Å². The Kier molecular flexibility index (Phi) is 4.92. The molecule has 2 N–H and O–H groups in total. The van der Waals surface area contributed by atoms with E-state index in [1.807, 2.05) is 14.0 Å². The Morgan fingerprint density at radius 1 is 1.29 bits per heavy atom. The topological polar surface area (TPSA) is 88.9 Å². The molecule has 0 bridgehead atoms. The maximum atomic E-state index is 12.3. The van der Waals surface area contributed by atoms with Crippen LogP contribution in [0.5, 0.6) is 0 Å². The summed E-state index contributed by atoms with van der Waals surface area (Å²) in [6.45, 7) is 2.73. The SMILES string of the molecule is CCCNS(=O)(=O)c1ccccc1NCc1nncn1C. The third kappa shape index (κ3) is 3.79. The van der Waals surface area contributed by atoms with Crippen molar-refractivity contribution < 1.29 is 8.42 Å². The molecule has 1 heterocycles. The van der Waals surface area contributed by atoms with E-state index in [-0.39, 0.29) is 4.90 Å². The minimum absolute atomic E-state index is 0.237. The second-order valence-corrected chi connectivity index (χ2v) is 6.34. The quantitative estimate of drug-likeness (QED) is 0.800. The van der Waals surface area contributed by atoms with Gasteiger partial charge in [-0.3, -0.25) is 0 Å². The van der Waals surface area contributed by atoms with Gasteiger partial charge in [0.05, 0.1) is 12.2 Å². The highest BCUT2D eigenvalue weighted by molar-refractivity contribution is 7.89. The zero-order valence-corrected chi connectivity index (χ0v) is 12.9. The van der Waals surface area contributed by atoms with Gasteiger partial charge in [0.25, 0.3) is 0 Å². The second kappa shape index (κ2) is 6.68. The Labute approximate surface area is 124 Å². The predicted molar refractivity (Wildman–Crippen MR) is 80.3 cm³/mol. The molecule has 0 spiro atoms. The number of hydrogen-bond acceptors (Lipinski definition) is 5. The molecule has 1 aromatic heterocycles. The molecule has 0 fully saturated rings. The Morgan fingerprint density at radius 3 is 2.71 bits per heavy atom. The average Bonchev–Trinajstić information content (AvgIpc) is 2.88. The summed E-state index contributed by atoms with van der Waals surface area (Å²) in [5, 5.41) is 10.8. The molecule has 0 aliphatic heterocycles. The van der Waals surface area contributed by atoms with E-state index in [9.17, 15) is 8.42 Å². The molecule has 0 saturated carbocycles. The van der Waals surface area contributed by atoms with E-state index in [1.165, 1.54) is 0 Å². The number of para-hydroxylation sites is 1. The molecule has 2 rings (SSSR count). The second-order valence-electron chi connectivity index (χ2n) is 4.61. The summed E-state index contributed by atoms with van der Waals surface area (Å²) in [6.07, 6.45) is 2.34. The van der Waals surface area contributed by atoms with E-state index >= 15 is 0 Å². The number of aromatic nitrogens is 3. The number of hydrogen-bond donors (Lipinski definition) is 2. The lowest BCUT2D eigenvalue weighted by atomic mass is 10.3. The first-order valence-corrected chi connectivity index (χ1v) is 8.18. The van der Waals surface area contributed by atoms with Gasteiger partial charge in [-0.1, -0.05) is 19.1 Å². The number of aryl methyl sites for hydroxylation is 1. The minimum atomic E-state index is -3.51. The van der Waals surface area contributed by atoms with Gasteiger partial charge < -0.3 is 9.88 Å². The molecule has 114 valence electrons. The van der Waals surface area contributed by atoms with Crippen molar-refractivity contribution in [3.63, 3.8) is 0 Å². The van der Waals surface area contributed by atoms with Crippen LogP contribution < -0.4 is 10.0 Å². The fourth-order valence-corrected chi connectivity index (χ4v) is 3.12. The minimum Gasteiger partial charge on any atom is -0.377 e. The predicted octanol–water partition coefficient (Wildman–Crippen LogP) is 1.12. The zero-order chi connectivity index (χ0) is 15.3. The van der Waals surface area contributed by atoms with E-state index in [2.05, 4.69) is 20.2 Å². The normalized spacial score (nSPS) is 11.5. The summed E-state index contributed by atoms with van der Waals surface area (Å²) < 4.78 is 28.9. The summed E-state index contributed by atoms with van der Waals surface area (Å²) in [5.41, 5.74) is 0.545. The van der Waals surface area contributed by atoms with Crippen LogP contribution >= 0.6 is 0 Å². The smallest absolute Gasteiger partial charge is 0.242 e. The third-order valence-electron chi connectivity index (χ3n) is 2.96. The van der Waals surface area contributed by atoms with Crippen molar-refractivity contribution in [2.24, 2.45) is 7.05 Å². The molecule has 0 saturated heterocycles. The molecular weight excluding hydrogens is 290 g/mol. The maximum absolute atomic E-state index is 12.3. The number of nitrogens with one attached hydrogen (secondary N) is 2. The molecule has 0 unspecified atom stereocenters. The Hall–Kier alpha value is -1.93. The van der Waals surface area contributed by atoms with E-state index in [0.717, 1.165) is 12.2 Å². The molecule has 0 radical (unpaired) electrons. The van der Waals surface area contributed by atoms with E-state index < -0.39 is 10.0 Å². The monoisotopic (exact) mass is 309 g/mol. The third-order valence-corrected chi connectivity index (χ3v) is 4.48. The van der Waals surface area contributed by atoms with Gasteiger partial charge in [0.1, 0.15) is 11.2 Å². The van der Waals surface area contributed by atoms with Crippen LogP contribution in [0, 0.1) is 0 Å². The summed E-state index contributed by atoms with van der Waals surface area (Å²) in [4.78, 5) is 0.237. The highest BCUT2D eigenvalue weighted by Crippen LogP contribution is 2.21. The highest BCUT2D eigenvalue weighted by atomic mass is 32.2. The van der Waals surface area contributed by atoms with E-state index in [4.69, 9.17) is 0 Å². The van der Waals surface area contributed by atoms with Crippen molar-refractivity contribution in [3.05, 3.63) is 36.4 Å². The van der Waals surface area contributed by atoms with Gasteiger partial charge in [-0.25, -0.2) is 13.1 Å². The number of benzene rings is 1. The van der Waals surface area contributed by atoms with Crippen LogP contribution in [0.15, 0.2) is 35.5 Å². The van der Waals surface area contributed by atoms with Crippen molar-refractivity contribution in [1.29, 1.82) is 0 Å². The Balaban J connectivity index is 2.19. The lowest BCUT2D eigenvalue weighted by molar-refractivity contribution is 0.581. The van der Waals surface area contributed by atoms with Gasteiger partial charge in [-0.2, -0.15) is 0 Å². The lowest BCUT2D eigenvalue weighted by Gasteiger charge is -2.12. The van der Waals surface area contributed by atoms with Crippen LogP contribution in [0.3, 0.4) is 0 Å². The molecule has 0 atom stereocenters. The molecular formula is C13H19N5O2S. The summed E-state index contributed by atoms with van der Waals surface area (Å²) in [6, 6.07) is 6.81. The molecule has 21 heavy (non-hydrogen) atoms. The number of nitrogens with zero attached hydrogens (tertiary/aromatic N) is 3. The average molecular weight is 309 g/mol. The maximum Gasteiger partial charge on any atom is 0.242 e. The van der Waals surface area contributed by atoms with Gasteiger partial charge in [-0.05, 0) is 18.6 Å². The van der Waals surface area contributed by atoms with Crippen molar-refractivity contribution >= 4 is 15.7 Å². The molecule has 1 aromatic carbocycles. The first-order valence-electron chi connectivity index (χ1n) is 6.70. The van der Waals surface area contributed by atoms with Gasteiger partial charge in [0, 0.05) is 13.6 Å². The molecule has 2 aromatic rings. The molecule has 0 aliphatic carbocycles. The van der Waals surface area contributed by atoms with E-state index in [1.54, 1.807) is 35.2 Å². The van der Waals surface area contributed by atoms with Gasteiger partial charge in [-0.15, -0.1) is 10.2 Å². The first-order chi connectivity index (χ1) is 10.0. The van der Waals surface area contributed by atoms with Gasteiger partial charge in [0.2, 0.25) is 10.0 Å². The van der Waals surface area contributed by atoms with Crippen molar-refractivity contribution in [2.75, 3.05) is 11.9 Å². The lowest BCUT2D eigenvalue weighted by Crippen LogP contribution is -2.25. The van der Waals surface area contributed by atoms with Crippen molar-refractivity contribution in [1.82, 2.24) is 19.5 Å². The molecule has 0 aliphatic rings. The number of rotatable bonds is 7. The molecule has 0 amide bonds. The van der Waals surface area contributed by atoms with Gasteiger partial charge >= 0.3 is 0 Å². The number of sulfonamides is 1. The fraction of sp³-hybridized carbons (Fsp3) is 0.385. The Morgan fingerprint density at radius 2 is 2.05 bits per heavy atom. The summed E-state index contributed by atoms with van der Waals surface area (Å²) >= 11 is 0. The highest BCUT2D eigenvalue weighted by Gasteiger charge is 2.17. The molecule has 7 nitrogen and oxygen atoms in total. The Bertz CT molecular complexity index is 696. The molecule has 8 heteroatoms. The van der Waals surface area contributed by atoms with E-state index in [0.29, 0.717) is 18.8 Å². The number of anilines is 1. The zero-order valence-electron chi connectivity index (χ0n) is 12.1. The summed E-state index contributed by atoms with van der Waals surface area (Å²) in [7, 11) is -1.67.